The Morgan fingerprint density at radius 1 is 0.659 bits per heavy atom. The smallest absolute Gasteiger partial charge is 0.130 e. The lowest BCUT2D eigenvalue weighted by Gasteiger charge is -2.25. The van der Waals surface area contributed by atoms with Crippen molar-refractivity contribution in [2.24, 2.45) is 11.8 Å². The minimum absolute atomic E-state index is 0.462. The molecular formula is C39H60N2O3. The summed E-state index contributed by atoms with van der Waals surface area (Å²) < 4.78 is 6.26. The molecule has 0 aromatic heterocycles. The molecule has 0 amide bonds. The fourth-order valence-corrected chi connectivity index (χ4v) is 7.81. The zero-order chi connectivity index (χ0) is 30.7. The van der Waals surface area contributed by atoms with Gasteiger partial charge in [0.1, 0.15) is 11.5 Å². The summed E-state index contributed by atoms with van der Waals surface area (Å²) in [5, 5.41) is 29.7. The standard InChI is InChI=1S/C39H60N2O3/c1-28(11-9-21-40-34-13-5-3-6-14-34)23-36(42)30-17-19-38-32(25-30)27-33-26-31(18-20-39(33)44-38)37(43)24-29(2)12-10-22-41-35-15-7-4-8-16-35/h17-20,25-26,28-29,34-37,40-43H,3-16,21-24,27H2,1-2H3. The van der Waals surface area contributed by atoms with Crippen LogP contribution in [0.2, 0.25) is 0 Å². The molecule has 1 heterocycles. The normalized spacial score (nSPS) is 20.3. The Balaban J connectivity index is 1.06. The number of fused-ring (bicyclic) bond motifs is 2. The first-order chi connectivity index (χ1) is 21.4. The van der Waals surface area contributed by atoms with Gasteiger partial charge in [-0.15, -0.1) is 0 Å². The van der Waals surface area contributed by atoms with Crippen molar-refractivity contribution in [1.29, 1.82) is 0 Å². The fourth-order valence-electron chi connectivity index (χ4n) is 7.81. The highest BCUT2D eigenvalue weighted by atomic mass is 16.5. The van der Waals surface area contributed by atoms with Crippen LogP contribution in [-0.2, 0) is 6.42 Å². The highest BCUT2D eigenvalue weighted by Gasteiger charge is 2.22. The van der Waals surface area contributed by atoms with E-state index >= 15 is 0 Å². The molecule has 1 aliphatic heterocycles. The minimum Gasteiger partial charge on any atom is -0.457 e. The lowest BCUT2D eigenvalue weighted by molar-refractivity contribution is 0.144. The van der Waals surface area contributed by atoms with Gasteiger partial charge < -0.3 is 25.6 Å². The third-order valence-electron chi connectivity index (χ3n) is 10.6. The molecule has 5 rings (SSSR count). The number of aliphatic hydroxyl groups is 2. The number of ether oxygens (including phenoxy) is 1. The monoisotopic (exact) mass is 604 g/mol. The molecule has 244 valence electrons. The summed E-state index contributed by atoms with van der Waals surface area (Å²) in [6, 6.07) is 13.8. The van der Waals surface area contributed by atoms with E-state index in [0.29, 0.717) is 11.8 Å². The zero-order valence-electron chi connectivity index (χ0n) is 27.7. The molecule has 2 aromatic carbocycles. The van der Waals surface area contributed by atoms with Crippen molar-refractivity contribution in [3.8, 4) is 11.5 Å². The molecule has 2 aromatic rings. The number of nitrogens with one attached hydrogen (secondary N) is 2. The van der Waals surface area contributed by atoms with Crippen molar-refractivity contribution < 1.29 is 14.9 Å². The van der Waals surface area contributed by atoms with Crippen molar-refractivity contribution in [3.63, 3.8) is 0 Å². The molecule has 2 fully saturated rings. The van der Waals surface area contributed by atoms with Gasteiger partial charge in [0.15, 0.2) is 0 Å². The van der Waals surface area contributed by atoms with Gasteiger partial charge in [-0.2, -0.15) is 0 Å². The van der Waals surface area contributed by atoms with Crippen LogP contribution in [0.25, 0.3) is 0 Å². The second kappa shape index (κ2) is 17.1. The first-order valence-electron chi connectivity index (χ1n) is 18.2. The molecule has 4 N–H and O–H groups in total. The molecule has 5 nitrogen and oxygen atoms in total. The van der Waals surface area contributed by atoms with Crippen LogP contribution >= 0.6 is 0 Å². The first kappa shape index (κ1) is 33.4. The van der Waals surface area contributed by atoms with Crippen LogP contribution in [0.4, 0.5) is 0 Å². The number of hydrogen-bond acceptors (Lipinski definition) is 5. The average Bonchev–Trinajstić information content (AvgIpc) is 3.04. The molecule has 3 aliphatic rings. The van der Waals surface area contributed by atoms with E-state index in [2.05, 4.69) is 36.6 Å². The Kier molecular flexibility index (Phi) is 13.0. The number of benzene rings is 2. The average molecular weight is 605 g/mol. The molecule has 2 aliphatic carbocycles. The van der Waals surface area contributed by atoms with E-state index in [4.69, 9.17) is 4.74 Å². The van der Waals surface area contributed by atoms with Crippen LogP contribution in [0, 0.1) is 11.8 Å². The Bertz CT molecular complexity index is 1050. The molecule has 4 unspecified atom stereocenters. The minimum atomic E-state index is -0.462. The largest absolute Gasteiger partial charge is 0.457 e. The van der Waals surface area contributed by atoms with E-state index in [1.165, 1.54) is 77.0 Å². The maximum atomic E-state index is 11.1. The summed E-state index contributed by atoms with van der Waals surface area (Å²) in [6.07, 6.45) is 19.6. The molecule has 0 radical (unpaired) electrons. The summed E-state index contributed by atoms with van der Waals surface area (Å²) >= 11 is 0. The quantitative estimate of drug-likeness (QED) is 0.123. The number of hydrogen-bond donors (Lipinski definition) is 4. The van der Waals surface area contributed by atoms with E-state index in [-0.39, 0.29) is 0 Å². The van der Waals surface area contributed by atoms with E-state index in [1.807, 2.05) is 24.3 Å². The second-order valence-corrected chi connectivity index (χ2v) is 14.6. The van der Waals surface area contributed by atoms with Crippen molar-refractivity contribution >= 4 is 0 Å². The fraction of sp³-hybridized carbons (Fsp3) is 0.692. The molecule has 0 spiro atoms. The Morgan fingerprint density at radius 2 is 1.09 bits per heavy atom. The Hall–Kier alpha value is -1.92. The zero-order valence-corrected chi connectivity index (χ0v) is 27.7. The number of aliphatic hydroxyl groups excluding tert-OH is 2. The van der Waals surface area contributed by atoms with Gasteiger partial charge in [-0.3, -0.25) is 0 Å². The summed E-state index contributed by atoms with van der Waals surface area (Å²) in [6.45, 7) is 6.72. The predicted octanol–water partition coefficient (Wildman–Crippen LogP) is 8.91. The van der Waals surface area contributed by atoms with Crippen molar-refractivity contribution in [2.75, 3.05) is 13.1 Å². The van der Waals surface area contributed by atoms with Crippen LogP contribution in [0.1, 0.15) is 151 Å². The maximum Gasteiger partial charge on any atom is 0.130 e. The molecule has 2 saturated carbocycles. The van der Waals surface area contributed by atoms with Gasteiger partial charge in [0, 0.05) is 18.5 Å². The molecule has 4 atom stereocenters. The molecule has 44 heavy (non-hydrogen) atoms. The van der Waals surface area contributed by atoms with Gasteiger partial charge in [0.05, 0.1) is 12.2 Å². The van der Waals surface area contributed by atoms with Crippen LogP contribution in [-0.4, -0.2) is 35.4 Å². The molecule has 5 heteroatoms. The van der Waals surface area contributed by atoms with Crippen molar-refractivity contribution in [1.82, 2.24) is 10.6 Å². The third kappa shape index (κ3) is 10.0. The summed E-state index contributed by atoms with van der Waals surface area (Å²) in [5.74, 6) is 2.70. The maximum absolute atomic E-state index is 11.1. The van der Waals surface area contributed by atoms with Gasteiger partial charge in [-0.05, 0) is 136 Å². The van der Waals surface area contributed by atoms with Crippen molar-refractivity contribution in [3.05, 3.63) is 58.7 Å². The van der Waals surface area contributed by atoms with Gasteiger partial charge in [-0.1, -0.05) is 64.5 Å². The van der Waals surface area contributed by atoms with Crippen LogP contribution in [0.15, 0.2) is 36.4 Å². The van der Waals surface area contributed by atoms with E-state index in [9.17, 15) is 10.2 Å². The Morgan fingerprint density at radius 3 is 1.52 bits per heavy atom. The molecule has 0 bridgehead atoms. The Labute approximate surface area is 267 Å². The van der Waals surface area contributed by atoms with Gasteiger partial charge in [0.25, 0.3) is 0 Å². The molecule has 0 saturated heterocycles. The topological polar surface area (TPSA) is 73.8 Å². The van der Waals surface area contributed by atoms with Crippen LogP contribution < -0.4 is 15.4 Å². The van der Waals surface area contributed by atoms with Gasteiger partial charge >= 0.3 is 0 Å². The van der Waals surface area contributed by atoms with Gasteiger partial charge in [-0.25, -0.2) is 0 Å². The van der Waals surface area contributed by atoms with E-state index < -0.39 is 12.2 Å². The summed E-state index contributed by atoms with van der Waals surface area (Å²) in [5.41, 5.74) is 4.18. The lowest BCUT2D eigenvalue weighted by Crippen LogP contribution is -2.31. The molecular weight excluding hydrogens is 544 g/mol. The SMILES string of the molecule is CC(CCCNC1CCCCC1)CC(O)c1ccc2c(c1)Cc1cc(C(O)CC(C)CCCNC3CCCCC3)ccc1O2. The highest BCUT2D eigenvalue weighted by molar-refractivity contribution is 5.52. The van der Waals surface area contributed by atoms with Crippen LogP contribution in [0.5, 0.6) is 11.5 Å². The van der Waals surface area contributed by atoms with Crippen molar-refractivity contribution in [2.45, 2.75) is 147 Å². The van der Waals surface area contributed by atoms with E-state index in [0.717, 1.165) is 91.0 Å². The predicted molar refractivity (Wildman–Crippen MR) is 181 cm³/mol. The van der Waals surface area contributed by atoms with Gasteiger partial charge in [0.2, 0.25) is 0 Å². The number of rotatable bonds is 16. The second-order valence-electron chi connectivity index (χ2n) is 14.6. The highest BCUT2D eigenvalue weighted by Crippen LogP contribution is 2.40. The summed E-state index contributed by atoms with van der Waals surface area (Å²) in [4.78, 5) is 0. The summed E-state index contributed by atoms with van der Waals surface area (Å²) in [7, 11) is 0. The van der Waals surface area contributed by atoms with E-state index in [1.54, 1.807) is 0 Å². The van der Waals surface area contributed by atoms with Crippen LogP contribution in [0.3, 0.4) is 0 Å². The third-order valence-corrected chi connectivity index (χ3v) is 10.6. The first-order valence-corrected chi connectivity index (χ1v) is 18.2. The lowest BCUT2D eigenvalue weighted by atomic mass is 9.90.